The van der Waals surface area contributed by atoms with Gasteiger partial charge in [0.25, 0.3) is 0 Å². The van der Waals surface area contributed by atoms with E-state index in [4.69, 9.17) is 14.8 Å². The van der Waals surface area contributed by atoms with E-state index >= 15 is 0 Å². The standard InChI is InChI=1S/C24H31BFN3O5/c1-3-11-28(12-4-2)22-10-9-19(14-21(22)26)29-16-20(34-24(29)31)15-27-23(30)13-17-5-7-18(8-6-17)25(32)33/h5-10,14,20,32-33H,3-4,11-13,15-16H2,1-2H3,(H,27,30)/t20-/m0/s1. The molecule has 0 aliphatic carbocycles. The maximum absolute atomic E-state index is 14.8. The van der Waals surface area contributed by atoms with Crippen molar-refractivity contribution in [2.75, 3.05) is 36.0 Å². The molecule has 0 saturated carbocycles. The highest BCUT2D eigenvalue weighted by Crippen LogP contribution is 2.28. The number of cyclic esters (lactones) is 1. The number of carbonyl (C=O) groups excluding carboxylic acids is 2. The van der Waals surface area contributed by atoms with Gasteiger partial charge in [0.1, 0.15) is 11.9 Å². The maximum atomic E-state index is 14.8. The minimum atomic E-state index is -1.56. The van der Waals surface area contributed by atoms with Crippen LogP contribution < -0.4 is 20.6 Å². The van der Waals surface area contributed by atoms with Crippen LogP contribution in [-0.2, 0) is 16.0 Å². The van der Waals surface area contributed by atoms with Crippen molar-refractivity contribution in [3.63, 3.8) is 0 Å². The van der Waals surface area contributed by atoms with Gasteiger partial charge < -0.3 is 25.0 Å². The Kier molecular flexibility index (Phi) is 8.89. The molecule has 1 aliphatic rings. The molecule has 1 heterocycles. The van der Waals surface area contributed by atoms with E-state index in [1.807, 2.05) is 18.7 Å². The number of hydrogen-bond acceptors (Lipinski definition) is 6. The van der Waals surface area contributed by atoms with Crippen LogP contribution in [0, 0.1) is 5.82 Å². The quantitative estimate of drug-likeness (QED) is 0.433. The fourth-order valence-electron chi connectivity index (χ4n) is 3.93. The van der Waals surface area contributed by atoms with E-state index in [2.05, 4.69) is 5.32 Å². The molecule has 0 aromatic heterocycles. The molecule has 1 aliphatic heterocycles. The Morgan fingerprint density at radius 3 is 2.44 bits per heavy atom. The minimum absolute atomic E-state index is 0.102. The summed E-state index contributed by atoms with van der Waals surface area (Å²) in [5.41, 5.74) is 1.99. The first kappa shape index (κ1) is 25.5. The zero-order valence-corrected chi connectivity index (χ0v) is 19.5. The van der Waals surface area contributed by atoms with E-state index in [1.165, 1.54) is 23.1 Å². The number of ether oxygens (including phenoxy) is 1. The Labute approximate surface area is 199 Å². The third-order valence-corrected chi connectivity index (χ3v) is 5.61. The van der Waals surface area contributed by atoms with Crippen molar-refractivity contribution >= 4 is 36.0 Å². The minimum Gasteiger partial charge on any atom is -0.442 e. The lowest BCUT2D eigenvalue weighted by Gasteiger charge is -2.25. The predicted octanol–water partition coefficient (Wildman–Crippen LogP) is 1.82. The monoisotopic (exact) mass is 471 g/mol. The van der Waals surface area contributed by atoms with Gasteiger partial charge in [0.2, 0.25) is 5.91 Å². The summed E-state index contributed by atoms with van der Waals surface area (Å²) in [6.45, 7) is 5.94. The molecule has 1 atom stereocenters. The zero-order valence-electron chi connectivity index (χ0n) is 19.5. The van der Waals surface area contributed by atoms with Gasteiger partial charge in [0, 0.05) is 13.1 Å². The first-order chi connectivity index (χ1) is 16.3. The number of hydrogen-bond donors (Lipinski definition) is 3. The van der Waals surface area contributed by atoms with E-state index in [9.17, 15) is 14.0 Å². The van der Waals surface area contributed by atoms with Crippen molar-refractivity contribution in [1.82, 2.24) is 5.32 Å². The second-order valence-corrected chi connectivity index (χ2v) is 8.34. The van der Waals surface area contributed by atoms with Gasteiger partial charge in [-0.15, -0.1) is 0 Å². The van der Waals surface area contributed by atoms with Crippen LogP contribution in [0.5, 0.6) is 0 Å². The average Bonchev–Trinajstić information content (AvgIpc) is 3.18. The Morgan fingerprint density at radius 1 is 1.18 bits per heavy atom. The lowest BCUT2D eigenvalue weighted by Crippen LogP contribution is -2.35. The van der Waals surface area contributed by atoms with Gasteiger partial charge >= 0.3 is 13.2 Å². The zero-order chi connectivity index (χ0) is 24.7. The molecule has 1 fully saturated rings. The highest BCUT2D eigenvalue weighted by molar-refractivity contribution is 6.58. The molecule has 0 spiro atoms. The van der Waals surface area contributed by atoms with Crippen molar-refractivity contribution in [3.05, 3.63) is 53.8 Å². The van der Waals surface area contributed by atoms with Crippen LogP contribution in [0.1, 0.15) is 32.3 Å². The Balaban J connectivity index is 1.55. The number of halogens is 1. The predicted molar refractivity (Wildman–Crippen MR) is 130 cm³/mol. The smallest absolute Gasteiger partial charge is 0.442 e. The third-order valence-electron chi connectivity index (χ3n) is 5.61. The maximum Gasteiger partial charge on any atom is 0.488 e. The van der Waals surface area contributed by atoms with Gasteiger partial charge in [-0.1, -0.05) is 38.1 Å². The molecule has 34 heavy (non-hydrogen) atoms. The number of nitrogens with zero attached hydrogens (tertiary/aromatic N) is 2. The molecule has 3 rings (SSSR count). The highest BCUT2D eigenvalue weighted by Gasteiger charge is 2.33. The van der Waals surface area contributed by atoms with E-state index < -0.39 is 19.3 Å². The topological polar surface area (TPSA) is 102 Å². The van der Waals surface area contributed by atoms with Crippen LogP contribution >= 0.6 is 0 Å². The van der Waals surface area contributed by atoms with Gasteiger partial charge in [0.05, 0.1) is 30.9 Å². The van der Waals surface area contributed by atoms with Crippen LogP contribution in [0.15, 0.2) is 42.5 Å². The van der Waals surface area contributed by atoms with E-state index in [0.29, 0.717) is 22.4 Å². The van der Waals surface area contributed by atoms with E-state index in [-0.39, 0.29) is 31.2 Å². The van der Waals surface area contributed by atoms with Crippen molar-refractivity contribution < 1.29 is 28.8 Å². The van der Waals surface area contributed by atoms with Gasteiger partial charge in [-0.2, -0.15) is 0 Å². The van der Waals surface area contributed by atoms with Gasteiger partial charge in [-0.3, -0.25) is 9.69 Å². The first-order valence-electron chi connectivity index (χ1n) is 11.6. The van der Waals surface area contributed by atoms with Crippen LogP contribution in [-0.4, -0.2) is 61.4 Å². The number of amides is 2. The summed E-state index contributed by atoms with van der Waals surface area (Å²) >= 11 is 0. The molecule has 3 N–H and O–H groups in total. The summed E-state index contributed by atoms with van der Waals surface area (Å²) in [5, 5.41) is 21.0. The number of benzene rings is 2. The fraction of sp³-hybridized carbons (Fsp3) is 0.417. The summed E-state index contributed by atoms with van der Waals surface area (Å²) in [7, 11) is -1.56. The van der Waals surface area contributed by atoms with Gasteiger partial charge in [-0.25, -0.2) is 9.18 Å². The molecule has 0 unspecified atom stereocenters. The Morgan fingerprint density at radius 2 is 1.85 bits per heavy atom. The fourth-order valence-corrected chi connectivity index (χ4v) is 3.93. The molecular formula is C24H31BFN3O5. The molecule has 0 bridgehead atoms. The molecule has 0 radical (unpaired) electrons. The number of carbonyl (C=O) groups is 2. The second kappa shape index (κ2) is 11.8. The van der Waals surface area contributed by atoms with Crippen molar-refractivity contribution in [2.45, 2.75) is 39.2 Å². The lowest BCUT2D eigenvalue weighted by molar-refractivity contribution is -0.120. The molecule has 2 aromatic carbocycles. The van der Waals surface area contributed by atoms with Crippen LogP contribution in [0.3, 0.4) is 0 Å². The SMILES string of the molecule is CCCN(CCC)c1ccc(N2C[C@H](CNC(=O)Cc3ccc(B(O)O)cc3)OC2=O)cc1F. The number of anilines is 2. The molecule has 182 valence electrons. The number of nitrogens with one attached hydrogen (secondary N) is 1. The molecular weight excluding hydrogens is 440 g/mol. The number of rotatable bonds is 11. The van der Waals surface area contributed by atoms with Gasteiger partial charge in [-0.05, 0) is 42.1 Å². The average molecular weight is 471 g/mol. The third kappa shape index (κ3) is 6.48. The van der Waals surface area contributed by atoms with Crippen LogP contribution in [0.25, 0.3) is 0 Å². The van der Waals surface area contributed by atoms with Crippen LogP contribution in [0.4, 0.5) is 20.6 Å². The second-order valence-electron chi connectivity index (χ2n) is 8.34. The summed E-state index contributed by atoms with van der Waals surface area (Å²) < 4.78 is 20.2. The lowest BCUT2D eigenvalue weighted by atomic mass is 9.80. The van der Waals surface area contributed by atoms with Crippen molar-refractivity contribution in [3.8, 4) is 0 Å². The largest absolute Gasteiger partial charge is 0.488 e. The Hall–Kier alpha value is -3.11. The summed E-state index contributed by atoms with van der Waals surface area (Å²) in [6, 6.07) is 11.1. The van der Waals surface area contributed by atoms with Crippen molar-refractivity contribution in [2.24, 2.45) is 0 Å². The molecule has 2 aromatic rings. The Bertz CT molecular complexity index is 983. The summed E-state index contributed by atoms with van der Waals surface area (Å²) in [5.74, 6) is -0.641. The van der Waals surface area contributed by atoms with E-state index in [1.54, 1.807) is 24.3 Å². The molecule has 10 heteroatoms. The summed E-state index contributed by atoms with van der Waals surface area (Å²) in [4.78, 5) is 28.0. The summed E-state index contributed by atoms with van der Waals surface area (Å²) in [6.07, 6.45) is 0.783. The van der Waals surface area contributed by atoms with Gasteiger partial charge in [0.15, 0.2) is 0 Å². The van der Waals surface area contributed by atoms with Crippen LogP contribution in [0.2, 0.25) is 0 Å². The highest BCUT2D eigenvalue weighted by atomic mass is 19.1. The molecule has 1 saturated heterocycles. The van der Waals surface area contributed by atoms with Crippen molar-refractivity contribution in [1.29, 1.82) is 0 Å². The molecule has 8 nitrogen and oxygen atoms in total. The van der Waals surface area contributed by atoms with E-state index in [0.717, 1.165) is 25.9 Å². The molecule has 2 amide bonds. The normalized spacial score (nSPS) is 15.3. The first-order valence-corrected chi connectivity index (χ1v) is 11.6.